The van der Waals surface area contributed by atoms with Crippen molar-refractivity contribution in [3.8, 4) is 0 Å². The van der Waals surface area contributed by atoms with Crippen molar-refractivity contribution in [3.63, 3.8) is 0 Å². The summed E-state index contributed by atoms with van der Waals surface area (Å²) in [5, 5.41) is 0. The maximum Gasteiger partial charge on any atom is 0.146 e. The number of rotatable bonds is 8. The largest absolute Gasteiger partial charge is 0.425 e. The SMILES string of the molecule is CCCCC(CCCc1ccccc1)O[SiH3]. The highest BCUT2D eigenvalue weighted by Gasteiger charge is 2.05. The first-order chi connectivity index (χ1) is 7.86. The highest BCUT2D eigenvalue weighted by Crippen LogP contribution is 2.12. The van der Waals surface area contributed by atoms with Crippen molar-refractivity contribution in [1.29, 1.82) is 0 Å². The van der Waals surface area contributed by atoms with Crippen molar-refractivity contribution in [3.05, 3.63) is 35.9 Å². The van der Waals surface area contributed by atoms with Gasteiger partial charge in [-0.2, -0.15) is 0 Å². The van der Waals surface area contributed by atoms with Gasteiger partial charge in [-0.25, -0.2) is 0 Å². The molecule has 0 bridgehead atoms. The minimum atomic E-state index is 0.523. The first kappa shape index (κ1) is 13.5. The molecule has 2 heteroatoms. The third-order valence-corrected chi connectivity index (χ3v) is 3.71. The van der Waals surface area contributed by atoms with Gasteiger partial charge in [-0.05, 0) is 31.2 Å². The summed E-state index contributed by atoms with van der Waals surface area (Å²) in [5.41, 5.74) is 1.45. The molecule has 1 unspecified atom stereocenters. The predicted octanol–water partition coefficient (Wildman–Crippen LogP) is 2.87. The fourth-order valence-corrected chi connectivity index (χ4v) is 2.46. The van der Waals surface area contributed by atoms with Gasteiger partial charge in [0, 0.05) is 6.10 Å². The smallest absolute Gasteiger partial charge is 0.146 e. The van der Waals surface area contributed by atoms with Crippen LogP contribution in [0.5, 0.6) is 0 Å². The van der Waals surface area contributed by atoms with Gasteiger partial charge in [-0.15, -0.1) is 0 Å². The second kappa shape index (κ2) is 8.54. The minimum Gasteiger partial charge on any atom is -0.425 e. The van der Waals surface area contributed by atoms with Crippen molar-refractivity contribution < 1.29 is 4.43 Å². The monoisotopic (exact) mass is 236 g/mol. The van der Waals surface area contributed by atoms with E-state index in [-0.39, 0.29) is 0 Å². The Morgan fingerprint density at radius 3 is 2.44 bits per heavy atom. The molecule has 1 rings (SSSR count). The van der Waals surface area contributed by atoms with Gasteiger partial charge >= 0.3 is 0 Å². The first-order valence-electron chi connectivity index (χ1n) is 6.43. The molecule has 1 atom stereocenters. The molecule has 0 aliphatic rings. The molecule has 0 spiro atoms. The van der Waals surface area contributed by atoms with Crippen molar-refractivity contribution in [2.24, 2.45) is 0 Å². The molecular formula is C14H24OSi. The molecule has 0 radical (unpaired) electrons. The maximum atomic E-state index is 5.63. The second-order valence-corrected chi connectivity index (χ2v) is 4.85. The van der Waals surface area contributed by atoms with Gasteiger partial charge in [-0.1, -0.05) is 50.1 Å². The van der Waals surface area contributed by atoms with E-state index in [9.17, 15) is 0 Å². The number of aryl methyl sites for hydroxylation is 1. The van der Waals surface area contributed by atoms with E-state index >= 15 is 0 Å². The summed E-state index contributed by atoms with van der Waals surface area (Å²) in [6.45, 7) is 2.24. The van der Waals surface area contributed by atoms with Gasteiger partial charge in [0.25, 0.3) is 0 Å². The van der Waals surface area contributed by atoms with Crippen molar-refractivity contribution in [1.82, 2.24) is 0 Å². The van der Waals surface area contributed by atoms with Crippen LogP contribution in [0.1, 0.15) is 44.6 Å². The molecule has 1 aromatic rings. The number of hydrogen-bond acceptors (Lipinski definition) is 1. The lowest BCUT2D eigenvalue weighted by molar-refractivity contribution is 0.192. The highest BCUT2D eigenvalue weighted by molar-refractivity contribution is 5.98. The van der Waals surface area contributed by atoms with Crippen LogP contribution in [-0.4, -0.2) is 16.6 Å². The van der Waals surface area contributed by atoms with Crippen LogP contribution in [0, 0.1) is 0 Å². The van der Waals surface area contributed by atoms with Crippen LogP contribution >= 0.6 is 0 Å². The molecule has 0 saturated carbocycles. The fourth-order valence-electron chi connectivity index (χ4n) is 1.99. The normalized spacial score (nSPS) is 12.8. The molecule has 0 amide bonds. The molecular weight excluding hydrogens is 212 g/mol. The Labute approximate surface area is 103 Å². The number of hydrogen-bond donors (Lipinski definition) is 0. The minimum absolute atomic E-state index is 0.523. The van der Waals surface area contributed by atoms with Crippen LogP contribution in [0.3, 0.4) is 0 Å². The van der Waals surface area contributed by atoms with Gasteiger partial charge in [0.2, 0.25) is 0 Å². The fraction of sp³-hybridized carbons (Fsp3) is 0.571. The van der Waals surface area contributed by atoms with Crippen molar-refractivity contribution in [2.75, 3.05) is 0 Å². The maximum absolute atomic E-state index is 5.63. The summed E-state index contributed by atoms with van der Waals surface area (Å²) in [6, 6.07) is 10.7. The molecule has 1 nitrogen and oxygen atoms in total. The van der Waals surface area contributed by atoms with Crippen molar-refractivity contribution >= 4 is 10.5 Å². The molecule has 90 valence electrons. The topological polar surface area (TPSA) is 9.23 Å². The van der Waals surface area contributed by atoms with Crippen LogP contribution in [0.25, 0.3) is 0 Å². The zero-order chi connectivity index (χ0) is 11.6. The average molecular weight is 236 g/mol. The molecule has 0 saturated heterocycles. The van der Waals surface area contributed by atoms with Crippen LogP contribution in [0.2, 0.25) is 0 Å². The Balaban J connectivity index is 2.18. The Morgan fingerprint density at radius 1 is 1.12 bits per heavy atom. The van der Waals surface area contributed by atoms with E-state index in [4.69, 9.17) is 4.43 Å². The second-order valence-electron chi connectivity index (χ2n) is 4.38. The standard InChI is InChI=1S/C14H24OSi/c1-2-3-11-14(15-16)12-7-10-13-8-5-4-6-9-13/h4-6,8-9,14H,2-3,7,10-12H2,1,16H3. The van der Waals surface area contributed by atoms with E-state index < -0.39 is 0 Å². The number of benzene rings is 1. The van der Waals surface area contributed by atoms with Gasteiger partial charge in [0.05, 0.1) is 0 Å². The average Bonchev–Trinajstić information content (AvgIpc) is 2.35. The lowest BCUT2D eigenvalue weighted by Crippen LogP contribution is -2.11. The van der Waals surface area contributed by atoms with E-state index in [1.807, 2.05) is 0 Å². The number of unbranched alkanes of at least 4 members (excludes halogenated alkanes) is 1. The molecule has 0 aromatic heterocycles. The Bertz CT molecular complexity index is 261. The zero-order valence-electron chi connectivity index (χ0n) is 10.6. The van der Waals surface area contributed by atoms with Crippen LogP contribution in [-0.2, 0) is 10.8 Å². The Morgan fingerprint density at radius 2 is 1.81 bits per heavy atom. The summed E-state index contributed by atoms with van der Waals surface area (Å²) in [7, 11) is 0.876. The molecule has 0 fully saturated rings. The van der Waals surface area contributed by atoms with Crippen LogP contribution in [0.4, 0.5) is 0 Å². The van der Waals surface area contributed by atoms with Crippen LogP contribution in [0.15, 0.2) is 30.3 Å². The van der Waals surface area contributed by atoms with Gasteiger partial charge < -0.3 is 4.43 Å². The lowest BCUT2D eigenvalue weighted by Gasteiger charge is -2.15. The van der Waals surface area contributed by atoms with E-state index in [2.05, 4.69) is 37.3 Å². The molecule has 0 aliphatic carbocycles. The Hall–Kier alpha value is -0.603. The molecule has 16 heavy (non-hydrogen) atoms. The third-order valence-electron chi connectivity index (χ3n) is 3.05. The van der Waals surface area contributed by atoms with E-state index in [1.54, 1.807) is 0 Å². The first-order valence-corrected chi connectivity index (χ1v) is 7.25. The molecule has 0 aliphatic heterocycles. The van der Waals surface area contributed by atoms with Gasteiger partial charge in [0.15, 0.2) is 0 Å². The lowest BCUT2D eigenvalue weighted by atomic mass is 10.0. The summed E-state index contributed by atoms with van der Waals surface area (Å²) < 4.78 is 5.63. The van der Waals surface area contributed by atoms with E-state index in [1.165, 1.54) is 44.1 Å². The summed E-state index contributed by atoms with van der Waals surface area (Å²) in [5.74, 6) is 0. The summed E-state index contributed by atoms with van der Waals surface area (Å²) in [6.07, 6.45) is 8.01. The summed E-state index contributed by atoms with van der Waals surface area (Å²) >= 11 is 0. The third kappa shape index (κ3) is 5.47. The molecule has 0 heterocycles. The van der Waals surface area contributed by atoms with Gasteiger partial charge in [0.1, 0.15) is 10.5 Å². The Kier molecular flexibility index (Phi) is 7.18. The summed E-state index contributed by atoms with van der Waals surface area (Å²) in [4.78, 5) is 0. The van der Waals surface area contributed by atoms with E-state index in [0.29, 0.717) is 6.10 Å². The predicted molar refractivity (Wildman–Crippen MR) is 73.7 cm³/mol. The highest BCUT2D eigenvalue weighted by atomic mass is 28.2. The van der Waals surface area contributed by atoms with E-state index in [0.717, 1.165) is 10.5 Å². The van der Waals surface area contributed by atoms with Crippen LogP contribution < -0.4 is 0 Å². The van der Waals surface area contributed by atoms with Crippen molar-refractivity contribution in [2.45, 2.75) is 51.6 Å². The molecule has 1 aromatic carbocycles. The van der Waals surface area contributed by atoms with Gasteiger partial charge in [-0.3, -0.25) is 0 Å². The zero-order valence-corrected chi connectivity index (χ0v) is 12.6. The quantitative estimate of drug-likeness (QED) is 0.631. The molecule has 0 N–H and O–H groups in total.